The van der Waals surface area contributed by atoms with E-state index in [0.717, 1.165) is 5.56 Å². The van der Waals surface area contributed by atoms with Crippen molar-refractivity contribution < 1.29 is 9.72 Å². The molecule has 2 aromatic rings. The molecule has 0 aliphatic heterocycles. The van der Waals surface area contributed by atoms with E-state index in [1.54, 1.807) is 6.08 Å². The number of hydrogen-bond donors (Lipinski definition) is 1. The normalized spacial score (nSPS) is 10.1. The van der Waals surface area contributed by atoms with Crippen LogP contribution < -0.4 is 5.32 Å². The van der Waals surface area contributed by atoms with E-state index in [1.165, 1.54) is 30.0 Å². The summed E-state index contributed by atoms with van der Waals surface area (Å²) in [5.41, 5.74) is 1.49. The van der Waals surface area contributed by atoms with Crippen molar-refractivity contribution in [2.45, 2.75) is 10.6 Å². The average Bonchev–Trinajstić information content (AvgIpc) is 2.58. The fourth-order valence-corrected chi connectivity index (χ4v) is 2.96. The molecule has 0 atom stereocenters. The van der Waals surface area contributed by atoms with E-state index in [-0.39, 0.29) is 11.6 Å². The van der Waals surface area contributed by atoms with Crippen LogP contribution in [-0.4, -0.2) is 17.4 Å². The number of amides is 1. The van der Waals surface area contributed by atoms with Crippen LogP contribution in [-0.2, 0) is 5.75 Å². The molecule has 2 rings (SSSR count). The van der Waals surface area contributed by atoms with Gasteiger partial charge in [-0.25, -0.2) is 0 Å². The zero-order chi connectivity index (χ0) is 16.7. The maximum atomic E-state index is 12.2. The van der Waals surface area contributed by atoms with Crippen molar-refractivity contribution in [3.63, 3.8) is 0 Å². The molecule has 0 aromatic heterocycles. The first-order valence-corrected chi connectivity index (χ1v) is 7.94. The molecular formula is C17H16N2O3S. The van der Waals surface area contributed by atoms with Crippen LogP contribution in [0.1, 0.15) is 15.9 Å². The number of non-ortho nitro benzene ring substituents is 1. The summed E-state index contributed by atoms with van der Waals surface area (Å²) in [6.07, 6.45) is 1.58. The second kappa shape index (κ2) is 8.14. The van der Waals surface area contributed by atoms with Gasteiger partial charge in [-0.15, -0.1) is 18.3 Å². The Morgan fingerprint density at radius 2 is 2.00 bits per heavy atom. The van der Waals surface area contributed by atoms with E-state index < -0.39 is 4.92 Å². The van der Waals surface area contributed by atoms with E-state index in [9.17, 15) is 14.9 Å². The molecule has 2 aromatic carbocycles. The highest BCUT2D eigenvalue weighted by Crippen LogP contribution is 2.30. The van der Waals surface area contributed by atoms with Gasteiger partial charge in [-0.05, 0) is 11.6 Å². The predicted molar refractivity (Wildman–Crippen MR) is 91.6 cm³/mol. The van der Waals surface area contributed by atoms with Crippen LogP contribution in [0.25, 0.3) is 0 Å². The second-order valence-corrected chi connectivity index (χ2v) is 5.73. The van der Waals surface area contributed by atoms with Gasteiger partial charge in [-0.1, -0.05) is 36.4 Å². The molecule has 0 fully saturated rings. The lowest BCUT2D eigenvalue weighted by Crippen LogP contribution is -2.23. The van der Waals surface area contributed by atoms with Gasteiger partial charge in [0.1, 0.15) is 0 Å². The number of carbonyl (C=O) groups excluding carboxylic acids is 1. The van der Waals surface area contributed by atoms with Gasteiger partial charge in [0.25, 0.3) is 11.6 Å². The number of hydrogen-bond acceptors (Lipinski definition) is 4. The molecule has 0 heterocycles. The lowest BCUT2D eigenvalue weighted by Gasteiger charge is -2.09. The number of carbonyl (C=O) groups is 1. The summed E-state index contributed by atoms with van der Waals surface area (Å²) in [4.78, 5) is 23.3. The molecule has 0 unspecified atom stereocenters. The number of thioether (sulfide) groups is 1. The molecule has 1 amide bonds. The quantitative estimate of drug-likeness (QED) is 0.363. The molecule has 0 aliphatic rings. The zero-order valence-corrected chi connectivity index (χ0v) is 13.2. The molecular weight excluding hydrogens is 312 g/mol. The van der Waals surface area contributed by atoms with Crippen molar-refractivity contribution in [1.82, 2.24) is 5.32 Å². The van der Waals surface area contributed by atoms with Crippen molar-refractivity contribution in [1.29, 1.82) is 0 Å². The largest absolute Gasteiger partial charge is 0.349 e. The van der Waals surface area contributed by atoms with Crippen LogP contribution in [0.4, 0.5) is 5.69 Å². The average molecular weight is 328 g/mol. The standard InChI is InChI=1S/C17H16N2O3S/c1-2-10-18-17(20)15-9-8-14(19(21)22)11-16(15)23-12-13-6-4-3-5-7-13/h2-9,11H,1,10,12H2,(H,18,20). The Bertz CT molecular complexity index is 717. The summed E-state index contributed by atoms with van der Waals surface area (Å²) in [6, 6.07) is 14.0. The summed E-state index contributed by atoms with van der Waals surface area (Å²) in [5, 5.41) is 13.7. The zero-order valence-electron chi connectivity index (χ0n) is 12.4. The summed E-state index contributed by atoms with van der Waals surface area (Å²) < 4.78 is 0. The molecule has 118 valence electrons. The summed E-state index contributed by atoms with van der Waals surface area (Å²) >= 11 is 1.40. The molecule has 0 saturated heterocycles. The van der Waals surface area contributed by atoms with Crippen LogP contribution in [0.3, 0.4) is 0 Å². The molecule has 1 N–H and O–H groups in total. The first-order chi connectivity index (χ1) is 11.1. The number of nitro groups is 1. The highest BCUT2D eigenvalue weighted by atomic mass is 32.2. The van der Waals surface area contributed by atoms with Gasteiger partial charge in [0, 0.05) is 29.3 Å². The molecule has 0 spiro atoms. The van der Waals surface area contributed by atoms with Crippen LogP contribution in [0.15, 0.2) is 66.1 Å². The van der Waals surface area contributed by atoms with E-state index in [4.69, 9.17) is 0 Å². The van der Waals surface area contributed by atoms with E-state index in [2.05, 4.69) is 11.9 Å². The topological polar surface area (TPSA) is 72.2 Å². The molecule has 0 aliphatic carbocycles. The fourth-order valence-electron chi connectivity index (χ4n) is 1.93. The van der Waals surface area contributed by atoms with Gasteiger partial charge >= 0.3 is 0 Å². The Balaban J connectivity index is 2.25. The molecule has 23 heavy (non-hydrogen) atoms. The lowest BCUT2D eigenvalue weighted by atomic mass is 10.2. The van der Waals surface area contributed by atoms with Gasteiger partial charge < -0.3 is 5.32 Å². The molecule has 0 saturated carbocycles. The molecule has 0 radical (unpaired) electrons. The number of benzene rings is 2. The van der Waals surface area contributed by atoms with E-state index in [1.807, 2.05) is 30.3 Å². The first-order valence-electron chi connectivity index (χ1n) is 6.96. The summed E-state index contributed by atoms with van der Waals surface area (Å²) in [5.74, 6) is 0.361. The van der Waals surface area contributed by atoms with Crippen molar-refractivity contribution in [3.8, 4) is 0 Å². The molecule has 5 nitrogen and oxygen atoms in total. The minimum absolute atomic E-state index is 0.0270. The Kier molecular flexibility index (Phi) is 5.94. The molecule has 6 heteroatoms. The SMILES string of the molecule is C=CCNC(=O)c1ccc([N+](=O)[O-])cc1SCc1ccccc1. The monoisotopic (exact) mass is 328 g/mol. The Morgan fingerprint density at radius 1 is 1.26 bits per heavy atom. The number of nitrogens with zero attached hydrogens (tertiary/aromatic N) is 1. The third-order valence-corrected chi connectivity index (χ3v) is 4.19. The minimum Gasteiger partial charge on any atom is -0.349 e. The highest BCUT2D eigenvalue weighted by Gasteiger charge is 2.16. The van der Waals surface area contributed by atoms with Crippen molar-refractivity contribution in [2.75, 3.05) is 6.54 Å². The van der Waals surface area contributed by atoms with Gasteiger partial charge in [-0.3, -0.25) is 14.9 Å². The Hall–Kier alpha value is -2.60. The lowest BCUT2D eigenvalue weighted by molar-refractivity contribution is -0.385. The predicted octanol–water partition coefficient (Wildman–Crippen LogP) is 3.80. The van der Waals surface area contributed by atoms with Gasteiger partial charge in [0.2, 0.25) is 0 Å². The Labute approximate surface area is 138 Å². The van der Waals surface area contributed by atoms with Crippen molar-refractivity contribution >= 4 is 23.4 Å². The summed E-state index contributed by atoms with van der Waals surface area (Å²) in [7, 11) is 0. The highest BCUT2D eigenvalue weighted by molar-refractivity contribution is 7.98. The van der Waals surface area contributed by atoms with Gasteiger partial charge in [0.05, 0.1) is 10.5 Å². The number of nitro benzene ring substituents is 1. The smallest absolute Gasteiger partial charge is 0.270 e. The van der Waals surface area contributed by atoms with Gasteiger partial charge in [0.15, 0.2) is 0 Å². The third-order valence-electron chi connectivity index (χ3n) is 3.06. The minimum atomic E-state index is -0.460. The van der Waals surface area contributed by atoms with Crippen molar-refractivity contribution in [3.05, 3.63) is 82.4 Å². The summed E-state index contributed by atoms with van der Waals surface area (Å²) in [6.45, 7) is 3.90. The molecule has 0 bridgehead atoms. The Morgan fingerprint density at radius 3 is 2.65 bits per heavy atom. The maximum Gasteiger partial charge on any atom is 0.270 e. The van der Waals surface area contributed by atoms with E-state index in [0.29, 0.717) is 22.8 Å². The van der Waals surface area contributed by atoms with E-state index >= 15 is 0 Å². The fraction of sp³-hybridized carbons (Fsp3) is 0.118. The number of rotatable bonds is 7. The number of nitrogens with one attached hydrogen (secondary N) is 1. The van der Waals surface area contributed by atoms with Gasteiger partial charge in [-0.2, -0.15) is 0 Å². The van der Waals surface area contributed by atoms with Crippen molar-refractivity contribution in [2.24, 2.45) is 0 Å². The van der Waals surface area contributed by atoms with Crippen LogP contribution in [0.5, 0.6) is 0 Å². The van der Waals surface area contributed by atoms with Crippen LogP contribution in [0, 0.1) is 10.1 Å². The van der Waals surface area contributed by atoms with Crippen LogP contribution in [0.2, 0.25) is 0 Å². The third kappa shape index (κ3) is 4.69. The van der Waals surface area contributed by atoms with Crippen LogP contribution >= 0.6 is 11.8 Å². The maximum absolute atomic E-state index is 12.2. The second-order valence-electron chi connectivity index (χ2n) is 4.71. The first kappa shape index (κ1) is 16.8.